The predicted octanol–water partition coefficient (Wildman–Crippen LogP) is 1.98. The van der Waals surface area contributed by atoms with Crippen LogP contribution in [0.1, 0.15) is 16.1 Å². The Labute approximate surface area is 140 Å². The third-order valence-electron chi connectivity index (χ3n) is 3.53. The highest BCUT2D eigenvalue weighted by molar-refractivity contribution is 6.04. The SMILES string of the molecule is Cn1nc(C(=O)N/N=C/c2c(F)cccc2F)c2ccccc2c1=O. The maximum Gasteiger partial charge on any atom is 0.292 e. The lowest BCUT2D eigenvalue weighted by molar-refractivity contribution is 0.0950. The number of nitrogens with one attached hydrogen (secondary N) is 1. The first-order chi connectivity index (χ1) is 12.0. The highest BCUT2D eigenvalue weighted by Gasteiger charge is 2.15. The van der Waals surface area contributed by atoms with Gasteiger partial charge in [-0.1, -0.05) is 24.3 Å². The van der Waals surface area contributed by atoms with E-state index < -0.39 is 17.5 Å². The number of benzene rings is 2. The van der Waals surface area contributed by atoms with Gasteiger partial charge < -0.3 is 0 Å². The number of nitrogens with zero attached hydrogens (tertiary/aromatic N) is 3. The molecule has 0 bridgehead atoms. The molecule has 0 radical (unpaired) electrons. The minimum Gasteiger partial charge on any atom is -0.267 e. The van der Waals surface area contributed by atoms with Gasteiger partial charge in [-0.3, -0.25) is 9.59 Å². The predicted molar refractivity (Wildman–Crippen MR) is 88.4 cm³/mol. The molecule has 126 valence electrons. The van der Waals surface area contributed by atoms with E-state index in [0.29, 0.717) is 10.8 Å². The molecule has 0 aliphatic rings. The van der Waals surface area contributed by atoms with Crippen molar-refractivity contribution in [2.24, 2.45) is 12.1 Å². The zero-order chi connectivity index (χ0) is 18.0. The van der Waals surface area contributed by atoms with Gasteiger partial charge in [0.25, 0.3) is 11.5 Å². The van der Waals surface area contributed by atoms with Crippen LogP contribution in [0.3, 0.4) is 0 Å². The molecule has 1 amide bonds. The normalized spacial score (nSPS) is 11.2. The maximum atomic E-state index is 13.5. The molecule has 0 spiro atoms. The van der Waals surface area contributed by atoms with E-state index in [9.17, 15) is 18.4 Å². The van der Waals surface area contributed by atoms with E-state index in [4.69, 9.17) is 0 Å². The Balaban J connectivity index is 1.92. The average molecular weight is 342 g/mol. The molecule has 0 unspecified atom stereocenters. The van der Waals surface area contributed by atoms with Crippen molar-refractivity contribution in [2.75, 3.05) is 0 Å². The molecule has 3 rings (SSSR count). The summed E-state index contributed by atoms with van der Waals surface area (Å²) in [5, 5.41) is 8.18. The molecule has 2 aromatic carbocycles. The van der Waals surface area contributed by atoms with Gasteiger partial charge in [0.1, 0.15) is 11.6 Å². The van der Waals surface area contributed by atoms with Crippen LogP contribution in [-0.4, -0.2) is 21.9 Å². The lowest BCUT2D eigenvalue weighted by Crippen LogP contribution is -2.27. The van der Waals surface area contributed by atoms with E-state index in [2.05, 4.69) is 15.6 Å². The highest BCUT2D eigenvalue weighted by Crippen LogP contribution is 2.13. The standard InChI is InChI=1S/C17H12F2N4O2/c1-23-17(25)11-6-3-2-5-10(11)15(22-23)16(24)21-20-9-12-13(18)7-4-8-14(12)19/h2-9H,1H3,(H,21,24)/b20-9+. The van der Waals surface area contributed by atoms with E-state index in [-0.39, 0.29) is 16.8 Å². The van der Waals surface area contributed by atoms with Crippen LogP contribution in [0.25, 0.3) is 10.8 Å². The number of carbonyl (C=O) groups excluding carboxylic acids is 1. The van der Waals surface area contributed by atoms with E-state index in [0.717, 1.165) is 23.0 Å². The lowest BCUT2D eigenvalue weighted by Gasteiger charge is -2.06. The molecule has 0 saturated carbocycles. The van der Waals surface area contributed by atoms with Gasteiger partial charge in [0, 0.05) is 12.4 Å². The highest BCUT2D eigenvalue weighted by atomic mass is 19.1. The Morgan fingerprint density at radius 3 is 2.44 bits per heavy atom. The van der Waals surface area contributed by atoms with Crippen molar-refractivity contribution >= 4 is 22.9 Å². The van der Waals surface area contributed by atoms with Gasteiger partial charge >= 0.3 is 0 Å². The van der Waals surface area contributed by atoms with Crippen LogP contribution in [0.15, 0.2) is 52.4 Å². The second-order valence-corrected chi connectivity index (χ2v) is 5.16. The quantitative estimate of drug-likeness (QED) is 0.584. The molecule has 1 heterocycles. The van der Waals surface area contributed by atoms with Gasteiger partial charge in [0.05, 0.1) is 17.2 Å². The number of hydrazone groups is 1. The summed E-state index contributed by atoms with van der Waals surface area (Å²) in [6.45, 7) is 0. The Morgan fingerprint density at radius 2 is 1.76 bits per heavy atom. The van der Waals surface area contributed by atoms with Crippen molar-refractivity contribution in [3.8, 4) is 0 Å². The Hall–Kier alpha value is -3.42. The number of hydrogen-bond acceptors (Lipinski definition) is 4. The molecule has 1 aromatic heterocycles. The molecule has 6 nitrogen and oxygen atoms in total. The minimum absolute atomic E-state index is 0.0242. The molecule has 0 fully saturated rings. The smallest absolute Gasteiger partial charge is 0.267 e. The summed E-state index contributed by atoms with van der Waals surface area (Å²) in [5.41, 5.74) is 1.42. The van der Waals surface area contributed by atoms with Crippen LogP contribution in [-0.2, 0) is 7.05 Å². The number of hydrogen-bond donors (Lipinski definition) is 1. The van der Waals surface area contributed by atoms with Crippen molar-refractivity contribution in [2.45, 2.75) is 0 Å². The van der Waals surface area contributed by atoms with Crippen LogP contribution in [0.5, 0.6) is 0 Å². The molecule has 3 aromatic rings. The molecule has 0 saturated heterocycles. The van der Waals surface area contributed by atoms with Crippen LogP contribution in [0.2, 0.25) is 0 Å². The first-order valence-corrected chi connectivity index (χ1v) is 7.22. The van der Waals surface area contributed by atoms with E-state index >= 15 is 0 Å². The summed E-state index contributed by atoms with van der Waals surface area (Å²) in [5.74, 6) is -2.31. The number of amides is 1. The fourth-order valence-corrected chi connectivity index (χ4v) is 2.31. The van der Waals surface area contributed by atoms with Gasteiger partial charge in [-0.05, 0) is 18.2 Å². The fraction of sp³-hybridized carbons (Fsp3) is 0.0588. The lowest BCUT2D eigenvalue weighted by atomic mass is 10.1. The number of aryl methyl sites for hydroxylation is 1. The first kappa shape index (κ1) is 16.4. The van der Waals surface area contributed by atoms with E-state index in [1.165, 1.54) is 13.1 Å². The van der Waals surface area contributed by atoms with Gasteiger partial charge in [-0.15, -0.1) is 0 Å². The van der Waals surface area contributed by atoms with Gasteiger partial charge in [-0.2, -0.15) is 10.2 Å². The third kappa shape index (κ3) is 3.14. The van der Waals surface area contributed by atoms with Crippen molar-refractivity contribution in [1.29, 1.82) is 0 Å². The molecular weight excluding hydrogens is 330 g/mol. The molecule has 0 atom stereocenters. The monoisotopic (exact) mass is 342 g/mol. The van der Waals surface area contributed by atoms with Gasteiger partial charge in [-0.25, -0.2) is 18.9 Å². The summed E-state index contributed by atoms with van der Waals surface area (Å²) in [4.78, 5) is 24.3. The maximum absolute atomic E-state index is 13.5. The molecule has 0 aliphatic heterocycles. The van der Waals surface area contributed by atoms with Crippen LogP contribution in [0, 0.1) is 11.6 Å². The van der Waals surface area contributed by atoms with Crippen LogP contribution >= 0.6 is 0 Å². The van der Waals surface area contributed by atoms with Crippen molar-refractivity contribution in [3.05, 3.63) is 75.7 Å². The number of halogens is 2. The fourth-order valence-electron chi connectivity index (χ4n) is 2.31. The van der Waals surface area contributed by atoms with Gasteiger partial charge in [0.2, 0.25) is 0 Å². The summed E-state index contributed by atoms with van der Waals surface area (Å²) >= 11 is 0. The van der Waals surface area contributed by atoms with Crippen LogP contribution < -0.4 is 11.0 Å². The Morgan fingerprint density at radius 1 is 1.12 bits per heavy atom. The minimum atomic E-state index is -0.802. The number of aromatic nitrogens is 2. The molecule has 0 aliphatic carbocycles. The second-order valence-electron chi connectivity index (χ2n) is 5.16. The molecule has 1 N–H and O–H groups in total. The van der Waals surface area contributed by atoms with Crippen molar-refractivity contribution in [1.82, 2.24) is 15.2 Å². The topological polar surface area (TPSA) is 76.3 Å². The third-order valence-corrected chi connectivity index (χ3v) is 3.53. The van der Waals surface area contributed by atoms with E-state index in [1.54, 1.807) is 24.3 Å². The first-order valence-electron chi connectivity index (χ1n) is 7.22. The van der Waals surface area contributed by atoms with Crippen molar-refractivity contribution < 1.29 is 13.6 Å². The number of carbonyl (C=O) groups is 1. The summed E-state index contributed by atoms with van der Waals surface area (Å²) in [7, 11) is 1.42. The summed E-state index contributed by atoms with van der Waals surface area (Å²) < 4.78 is 28.1. The van der Waals surface area contributed by atoms with E-state index in [1.807, 2.05) is 0 Å². The molecule has 8 heteroatoms. The Bertz CT molecular complexity index is 1040. The largest absolute Gasteiger partial charge is 0.292 e. The molecular formula is C17H12F2N4O2. The average Bonchev–Trinajstić information content (AvgIpc) is 2.60. The number of rotatable bonds is 3. The second kappa shape index (κ2) is 6.60. The molecule has 25 heavy (non-hydrogen) atoms. The zero-order valence-corrected chi connectivity index (χ0v) is 13.0. The summed E-state index contributed by atoms with van der Waals surface area (Å²) in [6, 6.07) is 9.87. The van der Waals surface area contributed by atoms with Crippen LogP contribution in [0.4, 0.5) is 8.78 Å². The zero-order valence-electron chi connectivity index (χ0n) is 13.0. The summed E-state index contributed by atoms with van der Waals surface area (Å²) in [6.07, 6.45) is 0.868. The Kier molecular flexibility index (Phi) is 4.34. The van der Waals surface area contributed by atoms with Gasteiger partial charge in [0.15, 0.2) is 5.69 Å². The van der Waals surface area contributed by atoms with Crippen molar-refractivity contribution in [3.63, 3.8) is 0 Å². The number of fused-ring (bicyclic) bond motifs is 1.